The molecule has 1 rings (SSSR count). The van der Waals surface area contributed by atoms with Gasteiger partial charge in [-0.1, -0.05) is 78.1 Å². The maximum Gasteiger partial charge on any atom is 0.168 e. The van der Waals surface area contributed by atoms with Gasteiger partial charge in [0.1, 0.15) is 0 Å². The largest absolute Gasteiger partial charge is 0.348 e. The Kier molecular flexibility index (Phi) is 11.3. The minimum Gasteiger partial charge on any atom is -0.348 e. The number of rotatable bonds is 14. The van der Waals surface area contributed by atoms with Gasteiger partial charge in [0.05, 0.1) is 13.2 Å². The van der Waals surface area contributed by atoms with Crippen molar-refractivity contribution < 1.29 is 9.47 Å². The SMILES string of the molecule is CCCCCCCCCCCCC1(CCCC)OCCO1. The highest BCUT2D eigenvalue weighted by Gasteiger charge is 2.34. The van der Waals surface area contributed by atoms with Gasteiger partial charge in [-0.05, 0) is 12.8 Å². The Hall–Kier alpha value is -0.0800. The molecule has 21 heavy (non-hydrogen) atoms. The maximum absolute atomic E-state index is 5.90. The number of unbranched alkanes of at least 4 members (excludes halogenated alkanes) is 10. The highest BCUT2D eigenvalue weighted by atomic mass is 16.7. The molecule has 1 heterocycles. The van der Waals surface area contributed by atoms with Crippen molar-refractivity contribution in [1.29, 1.82) is 0 Å². The molecular weight excluding hydrogens is 260 g/mol. The first-order valence-electron chi connectivity index (χ1n) is 9.61. The summed E-state index contributed by atoms with van der Waals surface area (Å²) in [7, 11) is 0. The second-order valence-electron chi connectivity index (χ2n) is 6.64. The van der Waals surface area contributed by atoms with Crippen LogP contribution in [0, 0.1) is 0 Å². The fourth-order valence-electron chi connectivity index (χ4n) is 3.24. The van der Waals surface area contributed by atoms with Crippen LogP contribution in [0.15, 0.2) is 0 Å². The molecule has 1 fully saturated rings. The van der Waals surface area contributed by atoms with E-state index in [2.05, 4.69) is 13.8 Å². The van der Waals surface area contributed by atoms with Gasteiger partial charge in [0.15, 0.2) is 5.79 Å². The third-order valence-corrected chi connectivity index (χ3v) is 4.64. The molecule has 0 aromatic heterocycles. The van der Waals surface area contributed by atoms with Gasteiger partial charge in [-0.25, -0.2) is 0 Å². The lowest BCUT2D eigenvalue weighted by Crippen LogP contribution is -2.29. The molecule has 126 valence electrons. The van der Waals surface area contributed by atoms with Crippen LogP contribution in [0.1, 0.15) is 104 Å². The van der Waals surface area contributed by atoms with E-state index in [-0.39, 0.29) is 5.79 Å². The van der Waals surface area contributed by atoms with E-state index in [4.69, 9.17) is 9.47 Å². The average molecular weight is 299 g/mol. The van der Waals surface area contributed by atoms with Crippen LogP contribution in [0.2, 0.25) is 0 Å². The lowest BCUT2D eigenvalue weighted by Gasteiger charge is -2.27. The van der Waals surface area contributed by atoms with Crippen molar-refractivity contribution in [3.63, 3.8) is 0 Å². The summed E-state index contributed by atoms with van der Waals surface area (Å²) in [4.78, 5) is 0. The molecule has 1 saturated heterocycles. The fraction of sp³-hybridized carbons (Fsp3) is 1.00. The van der Waals surface area contributed by atoms with Crippen LogP contribution < -0.4 is 0 Å². The van der Waals surface area contributed by atoms with Crippen LogP contribution in [-0.4, -0.2) is 19.0 Å². The van der Waals surface area contributed by atoms with Gasteiger partial charge in [-0.2, -0.15) is 0 Å². The van der Waals surface area contributed by atoms with Gasteiger partial charge in [-0.3, -0.25) is 0 Å². The van der Waals surface area contributed by atoms with Crippen LogP contribution in [0.25, 0.3) is 0 Å². The van der Waals surface area contributed by atoms with Crippen molar-refractivity contribution in [2.24, 2.45) is 0 Å². The molecule has 2 nitrogen and oxygen atoms in total. The molecule has 0 unspecified atom stereocenters. The predicted molar refractivity (Wildman–Crippen MR) is 90.6 cm³/mol. The molecule has 0 saturated carbocycles. The predicted octanol–water partition coefficient (Wildman–Crippen LogP) is 6.23. The van der Waals surface area contributed by atoms with Crippen molar-refractivity contribution in [2.75, 3.05) is 13.2 Å². The summed E-state index contributed by atoms with van der Waals surface area (Å²) in [5.74, 6) is -0.212. The summed E-state index contributed by atoms with van der Waals surface area (Å²) in [5.41, 5.74) is 0. The highest BCUT2D eigenvalue weighted by molar-refractivity contribution is 4.74. The van der Waals surface area contributed by atoms with Gasteiger partial charge in [-0.15, -0.1) is 0 Å². The molecular formula is C19H38O2. The molecule has 0 amide bonds. The Labute approximate surface area is 133 Å². The second-order valence-corrected chi connectivity index (χ2v) is 6.64. The van der Waals surface area contributed by atoms with Crippen LogP contribution in [0.4, 0.5) is 0 Å². The zero-order valence-corrected chi connectivity index (χ0v) is 14.6. The molecule has 0 aromatic carbocycles. The number of hydrogen-bond acceptors (Lipinski definition) is 2. The van der Waals surface area contributed by atoms with E-state index in [0.717, 1.165) is 26.1 Å². The van der Waals surface area contributed by atoms with Crippen molar-refractivity contribution in [1.82, 2.24) is 0 Å². The Bertz CT molecular complexity index is 222. The van der Waals surface area contributed by atoms with E-state index in [1.807, 2.05) is 0 Å². The maximum atomic E-state index is 5.90. The monoisotopic (exact) mass is 298 g/mol. The fourth-order valence-corrected chi connectivity index (χ4v) is 3.24. The van der Waals surface area contributed by atoms with E-state index in [9.17, 15) is 0 Å². The van der Waals surface area contributed by atoms with Gasteiger partial charge in [0, 0.05) is 12.8 Å². The van der Waals surface area contributed by atoms with E-state index in [1.165, 1.54) is 77.0 Å². The van der Waals surface area contributed by atoms with Gasteiger partial charge < -0.3 is 9.47 Å². The van der Waals surface area contributed by atoms with Crippen LogP contribution in [-0.2, 0) is 9.47 Å². The summed E-state index contributed by atoms with van der Waals surface area (Å²) < 4.78 is 11.8. The molecule has 0 atom stereocenters. The number of ether oxygens (including phenoxy) is 2. The van der Waals surface area contributed by atoms with Crippen molar-refractivity contribution in [3.8, 4) is 0 Å². The molecule has 0 aliphatic carbocycles. The summed E-state index contributed by atoms with van der Waals surface area (Å²) in [6.45, 7) is 6.11. The van der Waals surface area contributed by atoms with Crippen molar-refractivity contribution in [2.45, 2.75) is 110 Å². The minimum atomic E-state index is -0.212. The van der Waals surface area contributed by atoms with Gasteiger partial charge >= 0.3 is 0 Å². The van der Waals surface area contributed by atoms with E-state index < -0.39 is 0 Å². The zero-order valence-electron chi connectivity index (χ0n) is 14.6. The lowest BCUT2D eigenvalue weighted by molar-refractivity contribution is -0.168. The Morgan fingerprint density at radius 1 is 0.571 bits per heavy atom. The Balaban J connectivity index is 1.94. The van der Waals surface area contributed by atoms with Gasteiger partial charge in [0.2, 0.25) is 0 Å². The summed E-state index contributed by atoms with van der Waals surface area (Å²) >= 11 is 0. The first kappa shape index (κ1) is 19.0. The third-order valence-electron chi connectivity index (χ3n) is 4.64. The molecule has 0 N–H and O–H groups in total. The van der Waals surface area contributed by atoms with Gasteiger partial charge in [0.25, 0.3) is 0 Å². The molecule has 1 aliphatic rings. The molecule has 1 aliphatic heterocycles. The van der Waals surface area contributed by atoms with Crippen molar-refractivity contribution in [3.05, 3.63) is 0 Å². The van der Waals surface area contributed by atoms with E-state index in [1.54, 1.807) is 0 Å². The van der Waals surface area contributed by atoms with Crippen molar-refractivity contribution >= 4 is 0 Å². The standard InChI is InChI=1S/C19H38O2/c1-3-5-7-8-9-10-11-12-13-14-16-19(15-6-4-2)20-17-18-21-19/h3-18H2,1-2H3. The first-order valence-corrected chi connectivity index (χ1v) is 9.61. The summed E-state index contributed by atoms with van der Waals surface area (Å²) in [6.07, 6.45) is 18.5. The van der Waals surface area contributed by atoms with Crippen LogP contribution in [0.5, 0.6) is 0 Å². The molecule has 0 bridgehead atoms. The number of hydrogen-bond donors (Lipinski definition) is 0. The zero-order chi connectivity index (χ0) is 15.2. The van der Waals surface area contributed by atoms with E-state index >= 15 is 0 Å². The smallest absolute Gasteiger partial charge is 0.168 e. The third kappa shape index (κ3) is 8.83. The highest BCUT2D eigenvalue weighted by Crippen LogP contribution is 2.31. The molecule has 0 aromatic rings. The van der Waals surface area contributed by atoms with Crippen LogP contribution >= 0.6 is 0 Å². The molecule has 0 spiro atoms. The Morgan fingerprint density at radius 3 is 1.52 bits per heavy atom. The topological polar surface area (TPSA) is 18.5 Å². The summed E-state index contributed by atoms with van der Waals surface area (Å²) in [6, 6.07) is 0. The second kappa shape index (κ2) is 12.5. The Morgan fingerprint density at radius 2 is 1.00 bits per heavy atom. The average Bonchev–Trinajstić information content (AvgIpc) is 2.96. The molecule has 2 heteroatoms. The molecule has 0 radical (unpaired) electrons. The van der Waals surface area contributed by atoms with Crippen LogP contribution in [0.3, 0.4) is 0 Å². The minimum absolute atomic E-state index is 0.212. The lowest BCUT2D eigenvalue weighted by atomic mass is 10.00. The van der Waals surface area contributed by atoms with E-state index in [0.29, 0.717) is 0 Å². The normalized spacial score (nSPS) is 17.4. The first-order chi connectivity index (χ1) is 10.3. The summed E-state index contributed by atoms with van der Waals surface area (Å²) in [5, 5.41) is 0. The quantitative estimate of drug-likeness (QED) is 0.354.